The number of tetrazole rings is 1. The predicted molar refractivity (Wildman–Crippen MR) is 132 cm³/mol. The van der Waals surface area contributed by atoms with Gasteiger partial charge in [-0.1, -0.05) is 36.4 Å². The van der Waals surface area contributed by atoms with Gasteiger partial charge in [0.1, 0.15) is 5.75 Å². The molecule has 4 aromatic rings. The number of nitrogens with zero attached hydrogens (tertiary/aromatic N) is 6. The van der Waals surface area contributed by atoms with E-state index in [0.29, 0.717) is 22.8 Å². The number of hydrazone groups is 2. The van der Waals surface area contributed by atoms with Gasteiger partial charge in [-0.25, -0.2) is 5.10 Å². The van der Waals surface area contributed by atoms with Crippen LogP contribution in [0.15, 0.2) is 70.9 Å². The third-order valence-corrected chi connectivity index (χ3v) is 6.20. The molecular formula is C25H20N8O2. The summed E-state index contributed by atoms with van der Waals surface area (Å²) in [5.41, 5.74) is 9.33. The highest BCUT2D eigenvalue weighted by Gasteiger charge is 2.31. The first-order chi connectivity index (χ1) is 17.1. The van der Waals surface area contributed by atoms with Crippen LogP contribution in [0.1, 0.15) is 18.1 Å². The molecule has 0 unspecified atom stereocenters. The minimum atomic E-state index is -0.321. The van der Waals surface area contributed by atoms with Crippen molar-refractivity contribution < 1.29 is 9.90 Å². The number of hydrogen-bond donors (Lipinski definition) is 3. The number of phenols is 1. The molecule has 0 bridgehead atoms. The van der Waals surface area contributed by atoms with Crippen molar-refractivity contribution in [2.24, 2.45) is 10.2 Å². The lowest BCUT2D eigenvalue weighted by Crippen LogP contribution is -2.28. The smallest absolute Gasteiger partial charge is 0.301 e. The molecule has 0 radical (unpaired) electrons. The number of aromatic amines is 1. The Bertz CT molecular complexity index is 1520. The lowest BCUT2D eigenvalue weighted by atomic mass is 9.88. The van der Waals surface area contributed by atoms with E-state index in [0.717, 1.165) is 29.7 Å². The largest absolute Gasteiger partial charge is 0.505 e. The second-order valence-electron chi connectivity index (χ2n) is 8.36. The van der Waals surface area contributed by atoms with E-state index in [1.165, 1.54) is 16.1 Å². The lowest BCUT2D eigenvalue weighted by Gasteiger charge is -2.21. The molecule has 1 aliphatic carbocycles. The molecule has 0 saturated carbocycles. The molecule has 0 spiro atoms. The Labute approximate surface area is 200 Å². The number of nitrogens with one attached hydrogen (secondary N) is 2. The number of amides is 1. The maximum Gasteiger partial charge on any atom is 0.301 e. The van der Waals surface area contributed by atoms with E-state index in [1.54, 1.807) is 25.1 Å². The third kappa shape index (κ3) is 3.61. The number of benzene rings is 3. The van der Waals surface area contributed by atoms with Gasteiger partial charge in [-0.05, 0) is 71.1 Å². The molecule has 2 aliphatic rings. The summed E-state index contributed by atoms with van der Waals surface area (Å²) < 4.78 is 0. The number of H-pyrrole nitrogens is 1. The number of aromatic nitrogens is 4. The summed E-state index contributed by atoms with van der Waals surface area (Å²) in [7, 11) is 0. The Kier molecular flexibility index (Phi) is 4.84. The average Bonchev–Trinajstić information content (AvgIpc) is 3.48. The molecule has 1 amide bonds. The zero-order chi connectivity index (χ0) is 23.9. The number of rotatable bonds is 5. The minimum absolute atomic E-state index is 0.00367. The first-order valence-electron chi connectivity index (χ1n) is 11.1. The Morgan fingerprint density at radius 1 is 1.03 bits per heavy atom. The molecule has 2 heterocycles. The lowest BCUT2D eigenvalue weighted by molar-refractivity contribution is -0.112. The van der Waals surface area contributed by atoms with Crippen LogP contribution in [0.5, 0.6) is 5.75 Å². The predicted octanol–water partition coefficient (Wildman–Crippen LogP) is 3.53. The van der Waals surface area contributed by atoms with Crippen LogP contribution in [0.4, 0.5) is 11.4 Å². The van der Waals surface area contributed by atoms with E-state index in [-0.39, 0.29) is 17.4 Å². The van der Waals surface area contributed by atoms with Crippen molar-refractivity contribution in [1.29, 1.82) is 0 Å². The monoisotopic (exact) mass is 464 g/mol. The highest BCUT2D eigenvalue weighted by Crippen LogP contribution is 2.37. The Morgan fingerprint density at radius 2 is 1.86 bits per heavy atom. The van der Waals surface area contributed by atoms with Crippen LogP contribution in [0.25, 0.3) is 22.5 Å². The maximum absolute atomic E-state index is 13.0. The number of carbonyl (C=O) groups excluding carboxylic acids is 1. The second-order valence-corrected chi connectivity index (χ2v) is 8.36. The van der Waals surface area contributed by atoms with Crippen molar-refractivity contribution in [3.8, 4) is 28.3 Å². The first kappa shape index (κ1) is 20.7. The average molecular weight is 464 g/mol. The van der Waals surface area contributed by atoms with Crippen LogP contribution in [-0.4, -0.2) is 43.1 Å². The summed E-state index contributed by atoms with van der Waals surface area (Å²) in [6.45, 7) is 1.74. The first-order valence-corrected chi connectivity index (χ1v) is 11.1. The van der Waals surface area contributed by atoms with Crippen LogP contribution >= 0.6 is 0 Å². The van der Waals surface area contributed by atoms with Crippen molar-refractivity contribution >= 4 is 28.7 Å². The molecule has 1 aromatic heterocycles. The van der Waals surface area contributed by atoms with Crippen LogP contribution in [-0.2, 0) is 17.6 Å². The third-order valence-electron chi connectivity index (χ3n) is 6.20. The molecule has 0 atom stereocenters. The van der Waals surface area contributed by atoms with Crippen molar-refractivity contribution in [3.05, 3.63) is 71.8 Å². The number of hydrogen-bond acceptors (Lipinski definition) is 8. The molecule has 6 rings (SSSR count). The van der Waals surface area contributed by atoms with Gasteiger partial charge in [0, 0.05) is 11.1 Å². The molecule has 1 aliphatic heterocycles. The molecule has 3 N–H and O–H groups in total. The fraction of sp³-hybridized carbons (Fsp3) is 0.120. The van der Waals surface area contributed by atoms with Crippen LogP contribution in [0.3, 0.4) is 0 Å². The van der Waals surface area contributed by atoms with Gasteiger partial charge in [0.05, 0.1) is 17.1 Å². The number of aryl methyl sites for hydroxylation is 2. The van der Waals surface area contributed by atoms with Gasteiger partial charge in [-0.3, -0.25) is 10.2 Å². The number of aromatic hydroxyl groups is 1. The maximum atomic E-state index is 13.0. The SMILES string of the molecule is CC1=NN(c2ccc3c(c2)CC3)C(=O)/C1=N\Nc1cccc(-c2cccc(-c3nnn[nH]3)c2)c1O. The minimum Gasteiger partial charge on any atom is -0.505 e. The topological polar surface area (TPSA) is 132 Å². The highest BCUT2D eigenvalue weighted by atomic mass is 16.3. The fourth-order valence-corrected chi connectivity index (χ4v) is 4.21. The second kappa shape index (κ2) is 8.17. The summed E-state index contributed by atoms with van der Waals surface area (Å²) in [5, 5.41) is 34.9. The van der Waals surface area contributed by atoms with Gasteiger partial charge in [0.2, 0.25) is 0 Å². The van der Waals surface area contributed by atoms with E-state index >= 15 is 0 Å². The molecule has 10 heteroatoms. The summed E-state index contributed by atoms with van der Waals surface area (Å²) in [6.07, 6.45) is 2.09. The van der Waals surface area contributed by atoms with Crippen LogP contribution in [0, 0.1) is 0 Å². The number of para-hydroxylation sites is 1. The zero-order valence-electron chi connectivity index (χ0n) is 18.7. The number of anilines is 2. The fourth-order valence-electron chi connectivity index (χ4n) is 4.21. The van der Waals surface area contributed by atoms with Crippen molar-refractivity contribution in [2.75, 3.05) is 10.4 Å². The van der Waals surface area contributed by atoms with Gasteiger partial charge in [-0.15, -0.1) is 5.10 Å². The number of fused-ring (bicyclic) bond motifs is 1. The van der Waals surface area contributed by atoms with Crippen molar-refractivity contribution in [3.63, 3.8) is 0 Å². The Hall–Kier alpha value is -4.86. The van der Waals surface area contributed by atoms with Crippen LogP contribution in [0.2, 0.25) is 0 Å². The quantitative estimate of drug-likeness (QED) is 0.306. The molecule has 35 heavy (non-hydrogen) atoms. The van der Waals surface area contributed by atoms with Gasteiger partial charge < -0.3 is 5.11 Å². The van der Waals surface area contributed by atoms with Gasteiger partial charge in [0.15, 0.2) is 11.5 Å². The van der Waals surface area contributed by atoms with Gasteiger partial charge in [0.25, 0.3) is 0 Å². The van der Waals surface area contributed by atoms with Gasteiger partial charge in [-0.2, -0.15) is 15.2 Å². The molecular weight excluding hydrogens is 444 g/mol. The van der Waals surface area contributed by atoms with E-state index in [4.69, 9.17) is 0 Å². The summed E-state index contributed by atoms with van der Waals surface area (Å²) >= 11 is 0. The zero-order valence-corrected chi connectivity index (χ0v) is 18.7. The summed E-state index contributed by atoms with van der Waals surface area (Å²) in [4.78, 5) is 13.0. The van der Waals surface area contributed by atoms with Crippen molar-refractivity contribution in [2.45, 2.75) is 19.8 Å². The molecule has 172 valence electrons. The summed E-state index contributed by atoms with van der Waals surface area (Å²) in [6, 6.07) is 18.7. The molecule has 3 aromatic carbocycles. The van der Waals surface area contributed by atoms with E-state index in [9.17, 15) is 9.90 Å². The van der Waals surface area contributed by atoms with Crippen molar-refractivity contribution in [1.82, 2.24) is 20.6 Å². The van der Waals surface area contributed by atoms with Crippen LogP contribution < -0.4 is 10.4 Å². The van der Waals surface area contributed by atoms with E-state index < -0.39 is 0 Å². The molecule has 0 saturated heterocycles. The highest BCUT2D eigenvalue weighted by molar-refractivity contribution is 6.71. The summed E-state index contributed by atoms with van der Waals surface area (Å²) in [5.74, 6) is 0.209. The van der Waals surface area contributed by atoms with E-state index in [2.05, 4.69) is 36.3 Å². The standard InChI is InChI=1S/C25H20N8O2/c1-14-22(25(35)33(30-14)19-11-10-15-8-9-16(15)13-19)27-26-21-7-3-6-20(23(21)34)17-4-2-5-18(12-17)24-28-31-32-29-24/h2-7,10-13,26,34H,8-9H2,1H3,(H,28,29,31,32)/b27-22-. The normalized spacial score (nSPS) is 15.7. The number of phenolic OH excluding ortho intramolecular Hbond substituents is 1. The molecule has 0 fully saturated rings. The Morgan fingerprint density at radius 3 is 2.63 bits per heavy atom. The number of carbonyl (C=O) groups is 1. The molecule has 10 nitrogen and oxygen atoms in total. The van der Waals surface area contributed by atoms with Gasteiger partial charge >= 0.3 is 5.91 Å². The Balaban J connectivity index is 1.26. The van der Waals surface area contributed by atoms with E-state index in [1.807, 2.05) is 42.5 Å².